The van der Waals surface area contributed by atoms with Gasteiger partial charge < -0.3 is 9.47 Å². The molecule has 0 bridgehead atoms. The normalized spacial score (nSPS) is 21.5. The molecule has 2 rings (SSSR count). The van der Waals surface area contributed by atoms with Gasteiger partial charge in [0.1, 0.15) is 11.5 Å². The van der Waals surface area contributed by atoms with E-state index < -0.39 is 9.05 Å². The molecule has 1 saturated heterocycles. The van der Waals surface area contributed by atoms with Gasteiger partial charge in [0.05, 0.1) is 16.7 Å². The maximum atomic E-state index is 11.6. The van der Waals surface area contributed by atoms with Crippen LogP contribution in [0.25, 0.3) is 0 Å². The van der Waals surface area contributed by atoms with E-state index in [1.807, 2.05) is 13.8 Å². The van der Waals surface area contributed by atoms with Crippen LogP contribution in [0.1, 0.15) is 26.7 Å². The molecule has 0 radical (unpaired) electrons. The molecule has 1 heterocycles. The van der Waals surface area contributed by atoms with Crippen molar-refractivity contribution in [3.05, 3.63) is 21.6 Å². The largest absolute Gasteiger partial charge is 0.488 e. The molecule has 1 unspecified atom stereocenters. The first-order chi connectivity index (χ1) is 9.58. The Bertz CT molecular complexity index is 646. The lowest BCUT2D eigenvalue weighted by Crippen LogP contribution is -2.24. The van der Waals surface area contributed by atoms with Gasteiger partial charge >= 0.3 is 0 Å². The zero-order valence-electron chi connectivity index (χ0n) is 11.5. The third kappa shape index (κ3) is 4.48. The van der Waals surface area contributed by atoms with Crippen molar-refractivity contribution >= 4 is 47.3 Å². The van der Waals surface area contributed by atoms with Gasteiger partial charge in [0.15, 0.2) is 5.75 Å². The molecule has 1 aromatic rings. The van der Waals surface area contributed by atoms with Gasteiger partial charge in [-0.2, -0.15) is 0 Å². The van der Waals surface area contributed by atoms with E-state index in [2.05, 4.69) is 15.9 Å². The fourth-order valence-electron chi connectivity index (χ4n) is 2.23. The van der Waals surface area contributed by atoms with Crippen LogP contribution in [0.5, 0.6) is 5.75 Å². The summed E-state index contributed by atoms with van der Waals surface area (Å²) >= 11 is 9.25. The number of hydrogen-bond acceptors (Lipinski definition) is 4. The van der Waals surface area contributed by atoms with Crippen molar-refractivity contribution in [2.24, 2.45) is 0 Å². The van der Waals surface area contributed by atoms with Gasteiger partial charge in [-0.1, -0.05) is 27.5 Å². The number of ether oxygens (including phenoxy) is 2. The van der Waals surface area contributed by atoms with Gasteiger partial charge in [-0.05, 0) is 38.8 Å². The number of rotatable bonds is 4. The van der Waals surface area contributed by atoms with Crippen LogP contribution < -0.4 is 4.74 Å². The van der Waals surface area contributed by atoms with Crippen LogP contribution in [0.4, 0.5) is 0 Å². The summed E-state index contributed by atoms with van der Waals surface area (Å²) in [6.07, 6.45) is 1.69. The molecule has 0 spiro atoms. The quantitative estimate of drug-likeness (QED) is 0.682. The predicted molar refractivity (Wildman–Crippen MR) is 85.9 cm³/mol. The Morgan fingerprint density at radius 3 is 2.67 bits per heavy atom. The maximum Gasteiger partial charge on any atom is 0.265 e. The Hall–Kier alpha value is -0.0100. The maximum absolute atomic E-state index is 11.6. The molecule has 118 valence electrons. The Morgan fingerprint density at radius 2 is 2.14 bits per heavy atom. The van der Waals surface area contributed by atoms with Crippen molar-refractivity contribution in [1.29, 1.82) is 0 Å². The zero-order chi connectivity index (χ0) is 15.8. The summed E-state index contributed by atoms with van der Waals surface area (Å²) in [6.45, 7) is 4.24. The minimum atomic E-state index is -3.96. The van der Waals surface area contributed by atoms with Crippen molar-refractivity contribution in [2.75, 3.05) is 6.61 Å². The third-order valence-electron chi connectivity index (χ3n) is 3.20. The first kappa shape index (κ1) is 17.3. The Morgan fingerprint density at radius 1 is 1.48 bits per heavy atom. The highest BCUT2D eigenvalue weighted by Crippen LogP contribution is 2.38. The molecule has 0 N–H and O–H groups in total. The molecule has 4 nitrogen and oxygen atoms in total. The van der Waals surface area contributed by atoms with Crippen LogP contribution >= 0.6 is 38.2 Å². The minimum absolute atomic E-state index is 0.0585. The molecular formula is C13H15BrCl2O4S. The summed E-state index contributed by atoms with van der Waals surface area (Å²) in [4.78, 5) is -0.152. The molecule has 0 aromatic heterocycles. The summed E-state index contributed by atoms with van der Waals surface area (Å²) in [6, 6.07) is 2.92. The van der Waals surface area contributed by atoms with Gasteiger partial charge in [-0.25, -0.2) is 8.42 Å². The van der Waals surface area contributed by atoms with Crippen molar-refractivity contribution in [2.45, 2.75) is 43.3 Å². The summed E-state index contributed by atoms with van der Waals surface area (Å²) in [5.74, 6) is 0.0585. The molecule has 0 amide bonds. The fraction of sp³-hybridized carbons (Fsp3) is 0.538. The van der Waals surface area contributed by atoms with E-state index in [0.717, 1.165) is 12.8 Å². The van der Waals surface area contributed by atoms with Gasteiger partial charge in [0.2, 0.25) is 0 Å². The second-order valence-corrected chi connectivity index (χ2v) is 9.36. The molecule has 21 heavy (non-hydrogen) atoms. The number of hydrogen-bond donors (Lipinski definition) is 0. The van der Waals surface area contributed by atoms with Gasteiger partial charge in [0.25, 0.3) is 9.05 Å². The highest BCUT2D eigenvalue weighted by atomic mass is 79.9. The van der Waals surface area contributed by atoms with Crippen LogP contribution in [0, 0.1) is 0 Å². The van der Waals surface area contributed by atoms with E-state index in [1.54, 1.807) is 6.07 Å². The lowest BCUT2D eigenvalue weighted by Gasteiger charge is -2.20. The van der Waals surface area contributed by atoms with Gasteiger partial charge in [0, 0.05) is 15.2 Å². The molecule has 0 aliphatic carbocycles. The van der Waals surface area contributed by atoms with Crippen LogP contribution in [0.3, 0.4) is 0 Å². The monoisotopic (exact) mass is 416 g/mol. The van der Waals surface area contributed by atoms with Crippen LogP contribution in [0.15, 0.2) is 21.5 Å². The lowest BCUT2D eigenvalue weighted by atomic mass is 10.1. The molecule has 1 fully saturated rings. The highest BCUT2D eigenvalue weighted by molar-refractivity contribution is 9.10. The standard InChI is InChI=1S/C13H15BrCl2O4S/c1-13(2)4-3-9(20-13)7-19-12-10(15)5-8(14)6-11(12)21(16,17)18/h5-6,9H,3-4,7H2,1-2H3. The van der Waals surface area contributed by atoms with Crippen molar-refractivity contribution in [3.8, 4) is 5.75 Å². The average molecular weight is 418 g/mol. The van der Waals surface area contributed by atoms with E-state index >= 15 is 0 Å². The summed E-state index contributed by atoms with van der Waals surface area (Å²) in [5, 5.41) is 0.181. The van der Waals surface area contributed by atoms with E-state index in [0.29, 0.717) is 4.47 Å². The summed E-state index contributed by atoms with van der Waals surface area (Å²) < 4.78 is 35.2. The highest BCUT2D eigenvalue weighted by Gasteiger charge is 2.32. The molecule has 0 saturated carbocycles. The van der Waals surface area contributed by atoms with Crippen LogP contribution in [-0.2, 0) is 13.8 Å². The minimum Gasteiger partial charge on any atom is -0.488 e. The molecule has 8 heteroatoms. The molecule has 1 aromatic carbocycles. The number of halogens is 3. The topological polar surface area (TPSA) is 52.6 Å². The summed E-state index contributed by atoms with van der Waals surface area (Å²) in [7, 11) is 1.47. The summed E-state index contributed by atoms with van der Waals surface area (Å²) in [5.41, 5.74) is -0.182. The van der Waals surface area contributed by atoms with E-state index in [9.17, 15) is 8.42 Å². The molecule has 1 atom stereocenters. The smallest absolute Gasteiger partial charge is 0.265 e. The SMILES string of the molecule is CC1(C)CCC(COc2c(Cl)cc(Br)cc2S(=O)(=O)Cl)O1. The molecule has 1 aliphatic heterocycles. The van der Waals surface area contributed by atoms with Crippen molar-refractivity contribution < 1.29 is 17.9 Å². The predicted octanol–water partition coefficient (Wildman–Crippen LogP) is 4.37. The Labute approximate surface area is 142 Å². The fourth-order valence-corrected chi connectivity index (χ4v) is 4.30. The van der Waals surface area contributed by atoms with E-state index in [-0.39, 0.29) is 34.0 Å². The molecule has 1 aliphatic rings. The Kier molecular flexibility index (Phi) is 5.15. The second kappa shape index (κ2) is 6.24. The Balaban J connectivity index is 2.20. The second-order valence-electron chi connectivity index (χ2n) is 5.50. The first-order valence-corrected chi connectivity index (χ1v) is 9.81. The van der Waals surface area contributed by atoms with Crippen LogP contribution in [-0.4, -0.2) is 26.7 Å². The van der Waals surface area contributed by atoms with Gasteiger partial charge in [-0.3, -0.25) is 0 Å². The van der Waals surface area contributed by atoms with Crippen molar-refractivity contribution in [1.82, 2.24) is 0 Å². The lowest BCUT2D eigenvalue weighted by molar-refractivity contribution is -0.0330. The zero-order valence-corrected chi connectivity index (χ0v) is 15.4. The first-order valence-electron chi connectivity index (χ1n) is 6.33. The van der Waals surface area contributed by atoms with Crippen molar-refractivity contribution in [3.63, 3.8) is 0 Å². The molecular weight excluding hydrogens is 403 g/mol. The third-order valence-corrected chi connectivity index (χ3v) is 5.27. The average Bonchev–Trinajstić information content (AvgIpc) is 2.65. The number of benzene rings is 1. The van der Waals surface area contributed by atoms with E-state index in [1.165, 1.54) is 6.07 Å². The van der Waals surface area contributed by atoms with Crippen LogP contribution in [0.2, 0.25) is 5.02 Å². The van der Waals surface area contributed by atoms with Gasteiger partial charge in [-0.15, -0.1) is 0 Å². The van der Waals surface area contributed by atoms with E-state index in [4.69, 9.17) is 31.8 Å².